The van der Waals surface area contributed by atoms with Crippen molar-refractivity contribution >= 4 is 21.8 Å². The molecule has 0 fully saturated rings. The van der Waals surface area contributed by atoms with Gasteiger partial charge in [0, 0.05) is 24.6 Å². The van der Waals surface area contributed by atoms with Gasteiger partial charge in [0.05, 0.1) is 0 Å². The predicted molar refractivity (Wildman–Crippen MR) is 75.8 cm³/mol. The molecule has 0 aliphatic rings. The van der Waals surface area contributed by atoms with Gasteiger partial charge in [-0.25, -0.2) is 0 Å². The van der Waals surface area contributed by atoms with E-state index < -0.39 is 0 Å². The first-order valence-corrected chi connectivity index (χ1v) is 6.55. The highest BCUT2D eigenvalue weighted by Gasteiger charge is 2.09. The SMILES string of the molecule is CN(C)CCN(C)C(=O)COc1ccc(Br)cc1. The van der Waals surface area contributed by atoms with E-state index in [9.17, 15) is 4.79 Å². The summed E-state index contributed by atoms with van der Waals surface area (Å²) in [5, 5.41) is 0. The van der Waals surface area contributed by atoms with Crippen molar-refractivity contribution in [3.63, 3.8) is 0 Å². The molecule has 0 saturated heterocycles. The average molecular weight is 315 g/mol. The number of carbonyl (C=O) groups is 1. The molecular formula is C13H19BrN2O2. The van der Waals surface area contributed by atoms with E-state index >= 15 is 0 Å². The molecule has 0 heterocycles. The maximum atomic E-state index is 11.8. The van der Waals surface area contributed by atoms with Gasteiger partial charge in [0.2, 0.25) is 0 Å². The Morgan fingerprint density at radius 2 is 1.78 bits per heavy atom. The van der Waals surface area contributed by atoms with Crippen molar-refractivity contribution in [2.75, 3.05) is 40.8 Å². The summed E-state index contributed by atoms with van der Waals surface area (Å²) < 4.78 is 6.42. The Hall–Kier alpha value is -1.07. The van der Waals surface area contributed by atoms with Gasteiger partial charge in [-0.1, -0.05) is 15.9 Å². The van der Waals surface area contributed by atoms with Crippen molar-refractivity contribution in [1.29, 1.82) is 0 Å². The van der Waals surface area contributed by atoms with Crippen LogP contribution in [-0.2, 0) is 4.79 Å². The molecule has 0 radical (unpaired) electrons. The Morgan fingerprint density at radius 1 is 1.17 bits per heavy atom. The van der Waals surface area contributed by atoms with Gasteiger partial charge in [0.15, 0.2) is 6.61 Å². The quantitative estimate of drug-likeness (QED) is 0.803. The van der Waals surface area contributed by atoms with Crippen molar-refractivity contribution in [2.24, 2.45) is 0 Å². The van der Waals surface area contributed by atoms with Crippen LogP contribution >= 0.6 is 15.9 Å². The molecule has 1 aromatic carbocycles. The smallest absolute Gasteiger partial charge is 0.260 e. The number of hydrogen-bond donors (Lipinski definition) is 0. The molecule has 5 heteroatoms. The van der Waals surface area contributed by atoms with Gasteiger partial charge in [-0.15, -0.1) is 0 Å². The normalized spacial score (nSPS) is 10.5. The zero-order valence-corrected chi connectivity index (χ0v) is 12.6. The first kappa shape index (κ1) is 15.0. The lowest BCUT2D eigenvalue weighted by atomic mass is 10.3. The van der Waals surface area contributed by atoms with Crippen LogP contribution in [0.5, 0.6) is 5.75 Å². The summed E-state index contributed by atoms with van der Waals surface area (Å²) in [6.07, 6.45) is 0. The number of halogens is 1. The fourth-order valence-corrected chi connectivity index (χ4v) is 1.53. The first-order chi connectivity index (χ1) is 8.49. The second-order valence-electron chi connectivity index (χ2n) is 4.36. The molecule has 0 spiro atoms. The van der Waals surface area contributed by atoms with Crippen LogP contribution in [0.15, 0.2) is 28.7 Å². The molecule has 100 valence electrons. The van der Waals surface area contributed by atoms with E-state index in [2.05, 4.69) is 15.9 Å². The van der Waals surface area contributed by atoms with E-state index in [0.717, 1.165) is 11.0 Å². The minimum atomic E-state index is -0.0141. The van der Waals surface area contributed by atoms with Crippen molar-refractivity contribution in [3.05, 3.63) is 28.7 Å². The molecule has 4 nitrogen and oxygen atoms in total. The Bertz CT molecular complexity index is 379. The third-order valence-electron chi connectivity index (χ3n) is 2.48. The predicted octanol–water partition coefficient (Wildman–Crippen LogP) is 1.85. The highest BCUT2D eigenvalue weighted by atomic mass is 79.9. The largest absolute Gasteiger partial charge is 0.484 e. The Labute approximate surface area is 117 Å². The molecular weight excluding hydrogens is 296 g/mol. The molecule has 0 aliphatic heterocycles. The minimum absolute atomic E-state index is 0.0141. The van der Waals surface area contributed by atoms with Crippen LogP contribution in [-0.4, -0.2) is 56.5 Å². The van der Waals surface area contributed by atoms with Crippen molar-refractivity contribution < 1.29 is 9.53 Å². The number of amides is 1. The summed E-state index contributed by atoms with van der Waals surface area (Å²) in [6.45, 7) is 1.63. The third kappa shape index (κ3) is 5.51. The molecule has 1 amide bonds. The zero-order chi connectivity index (χ0) is 13.5. The molecule has 0 atom stereocenters. The van der Waals surface area contributed by atoms with Crippen molar-refractivity contribution in [1.82, 2.24) is 9.80 Å². The van der Waals surface area contributed by atoms with Crippen LogP contribution < -0.4 is 4.74 Å². The van der Waals surface area contributed by atoms with Crippen LogP contribution in [0.2, 0.25) is 0 Å². The van der Waals surface area contributed by atoms with E-state index in [-0.39, 0.29) is 12.5 Å². The Morgan fingerprint density at radius 3 is 2.33 bits per heavy atom. The molecule has 1 aromatic rings. The lowest BCUT2D eigenvalue weighted by Gasteiger charge is -2.19. The van der Waals surface area contributed by atoms with Gasteiger partial charge >= 0.3 is 0 Å². The molecule has 0 unspecified atom stereocenters. The molecule has 0 aromatic heterocycles. The number of carbonyl (C=O) groups excluding carboxylic acids is 1. The minimum Gasteiger partial charge on any atom is -0.484 e. The number of rotatable bonds is 6. The van der Waals surface area contributed by atoms with Gasteiger partial charge in [-0.2, -0.15) is 0 Å². The molecule has 1 rings (SSSR count). The van der Waals surface area contributed by atoms with E-state index in [0.29, 0.717) is 12.3 Å². The zero-order valence-electron chi connectivity index (χ0n) is 11.0. The number of ether oxygens (including phenoxy) is 1. The third-order valence-corrected chi connectivity index (χ3v) is 3.01. The van der Waals surface area contributed by atoms with Gasteiger partial charge in [0.1, 0.15) is 5.75 Å². The molecule has 0 N–H and O–H groups in total. The van der Waals surface area contributed by atoms with Gasteiger partial charge in [0.25, 0.3) is 5.91 Å². The lowest BCUT2D eigenvalue weighted by molar-refractivity contribution is -0.132. The molecule has 0 aliphatic carbocycles. The van der Waals surface area contributed by atoms with Gasteiger partial charge in [-0.3, -0.25) is 4.79 Å². The number of hydrogen-bond acceptors (Lipinski definition) is 3. The highest BCUT2D eigenvalue weighted by Crippen LogP contribution is 2.15. The molecule has 0 bridgehead atoms. The summed E-state index contributed by atoms with van der Waals surface area (Å²) in [6, 6.07) is 7.43. The maximum absolute atomic E-state index is 11.8. The van der Waals surface area contributed by atoms with Crippen molar-refractivity contribution in [2.45, 2.75) is 0 Å². The first-order valence-electron chi connectivity index (χ1n) is 5.76. The summed E-state index contributed by atoms with van der Waals surface area (Å²) in [5.41, 5.74) is 0. The van der Waals surface area contributed by atoms with Crippen LogP contribution in [0.1, 0.15) is 0 Å². The topological polar surface area (TPSA) is 32.8 Å². The van der Waals surface area contributed by atoms with Crippen LogP contribution in [0.3, 0.4) is 0 Å². The summed E-state index contributed by atoms with van der Waals surface area (Å²) in [5.74, 6) is 0.687. The highest BCUT2D eigenvalue weighted by molar-refractivity contribution is 9.10. The van der Waals surface area contributed by atoms with Crippen LogP contribution in [0, 0.1) is 0 Å². The standard InChI is InChI=1S/C13H19BrN2O2/c1-15(2)8-9-16(3)13(17)10-18-12-6-4-11(14)5-7-12/h4-7H,8-10H2,1-3H3. The van der Waals surface area contributed by atoms with E-state index in [1.54, 1.807) is 11.9 Å². The fourth-order valence-electron chi connectivity index (χ4n) is 1.26. The number of nitrogens with zero attached hydrogens (tertiary/aromatic N) is 2. The second-order valence-corrected chi connectivity index (χ2v) is 5.28. The summed E-state index contributed by atoms with van der Waals surface area (Å²) >= 11 is 3.35. The lowest BCUT2D eigenvalue weighted by Crippen LogP contribution is -2.36. The molecule has 0 saturated carbocycles. The van der Waals surface area contributed by atoms with E-state index in [1.807, 2.05) is 43.3 Å². The van der Waals surface area contributed by atoms with Crippen LogP contribution in [0.4, 0.5) is 0 Å². The second kappa shape index (κ2) is 7.38. The number of likely N-dealkylation sites (N-methyl/N-ethyl adjacent to an activating group) is 2. The van der Waals surface area contributed by atoms with E-state index in [1.165, 1.54) is 0 Å². The van der Waals surface area contributed by atoms with Gasteiger partial charge in [-0.05, 0) is 38.4 Å². The maximum Gasteiger partial charge on any atom is 0.260 e. The fraction of sp³-hybridized carbons (Fsp3) is 0.462. The monoisotopic (exact) mass is 314 g/mol. The average Bonchev–Trinajstić information content (AvgIpc) is 2.34. The van der Waals surface area contributed by atoms with E-state index in [4.69, 9.17) is 4.74 Å². The van der Waals surface area contributed by atoms with Crippen molar-refractivity contribution in [3.8, 4) is 5.75 Å². The van der Waals surface area contributed by atoms with Crippen LogP contribution in [0.25, 0.3) is 0 Å². The molecule has 18 heavy (non-hydrogen) atoms. The Balaban J connectivity index is 2.34. The van der Waals surface area contributed by atoms with Gasteiger partial charge < -0.3 is 14.5 Å². The summed E-state index contributed by atoms with van der Waals surface area (Å²) in [7, 11) is 5.75. The summed E-state index contributed by atoms with van der Waals surface area (Å²) in [4.78, 5) is 15.5. The Kier molecular flexibility index (Phi) is 6.15. The number of benzene rings is 1.